The summed E-state index contributed by atoms with van der Waals surface area (Å²) in [5.74, 6) is 0.304. The van der Waals surface area contributed by atoms with E-state index in [2.05, 4.69) is 15.7 Å². The number of ether oxygens (including phenoxy) is 1. The van der Waals surface area contributed by atoms with E-state index in [1.807, 2.05) is 31.2 Å². The molecule has 0 saturated heterocycles. The van der Waals surface area contributed by atoms with Crippen LogP contribution in [0.3, 0.4) is 0 Å². The van der Waals surface area contributed by atoms with E-state index in [0.717, 1.165) is 16.8 Å². The molecule has 1 aliphatic heterocycles. The number of nitro benzene ring substituents is 1. The predicted molar refractivity (Wildman–Crippen MR) is 118 cm³/mol. The van der Waals surface area contributed by atoms with E-state index in [9.17, 15) is 19.7 Å². The third-order valence-electron chi connectivity index (χ3n) is 5.27. The van der Waals surface area contributed by atoms with Crippen molar-refractivity contribution in [1.82, 2.24) is 9.78 Å². The first-order chi connectivity index (χ1) is 15.4. The molecule has 3 aromatic rings. The smallest absolute Gasteiger partial charge is 0.292 e. The number of rotatable bonds is 7. The summed E-state index contributed by atoms with van der Waals surface area (Å²) >= 11 is 0. The van der Waals surface area contributed by atoms with Gasteiger partial charge in [-0.15, -0.1) is 0 Å². The molecule has 2 N–H and O–H groups in total. The third-order valence-corrected chi connectivity index (χ3v) is 5.27. The molecule has 10 nitrogen and oxygen atoms in total. The van der Waals surface area contributed by atoms with Crippen molar-refractivity contribution in [1.29, 1.82) is 0 Å². The zero-order chi connectivity index (χ0) is 22.8. The van der Waals surface area contributed by atoms with Gasteiger partial charge in [-0.2, -0.15) is 5.10 Å². The summed E-state index contributed by atoms with van der Waals surface area (Å²) in [6.07, 6.45) is 0.408. The molecule has 1 unspecified atom stereocenters. The first kappa shape index (κ1) is 21.0. The van der Waals surface area contributed by atoms with Crippen molar-refractivity contribution in [3.63, 3.8) is 0 Å². The Kier molecular flexibility index (Phi) is 5.59. The fraction of sp³-hybridized carbons (Fsp3) is 0.227. The number of carbonyl (C=O) groups is 2. The Morgan fingerprint density at radius 3 is 2.78 bits per heavy atom. The van der Waals surface area contributed by atoms with E-state index in [-0.39, 0.29) is 23.7 Å². The Bertz CT molecular complexity index is 1220. The molecule has 4 rings (SSSR count). The van der Waals surface area contributed by atoms with E-state index >= 15 is 0 Å². The summed E-state index contributed by atoms with van der Waals surface area (Å²) in [5, 5.41) is 21.1. The fourth-order valence-electron chi connectivity index (χ4n) is 3.76. The van der Waals surface area contributed by atoms with E-state index in [0.29, 0.717) is 18.0 Å². The van der Waals surface area contributed by atoms with Crippen molar-refractivity contribution in [2.45, 2.75) is 25.8 Å². The van der Waals surface area contributed by atoms with E-state index in [1.54, 1.807) is 13.2 Å². The lowest BCUT2D eigenvalue weighted by atomic mass is 10.0. The van der Waals surface area contributed by atoms with Gasteiger partial charge < -0.3 is 15.4 Å². The molecule has 0 aliphatic carbocycles. The average Bonchev–Trinajstić information content (AvgIpc) is 3.29. The minimum atomic E-state index is -0.863. The Labute approximate surface area is 183 Å². The van der Waals surface area contributed by atoms with Crippen LogP contribution in [-0.4, -0.2) is 33.6 Å². The number of para-hydroxylation sites is 2. The molecule has 1 aliphatic rings. The Morgan fingerprint density at radius 2 is 2.06 bits per heavy atom. The number of anilines is 2. The first-order valence-corrected chi connectivity index (χ1v) is 10.0. The molecule has 2 heterocycles. The Balaban J connectivity index is 1.63. The van der Waals surface area contributed by atoms with Gasteiger partial charge in [0.05, 0.1) is 24.1 Å². The second-order valence-corrected chi connectivity index (χ2v) is 7.23. The van der Waals surface area contributed by atoms with Crippen LogP contribution in [0.5, 0.6) is 5.75 Å². The van der Waals surface area contributed by atoms with Gasteiger partial charge in [0.25, 0.3) is 11.6 Å². The van der Waals surface area contributed by atoms with Gasteiger partial charge in [-0.3, -0.25) is 19.7 Å². The highest BCUT2D eigenvalue weighted by molar-refractivity contribution is 6.04. The molecule has 0 bridgehead atoms. The van der Waals surface area contributed by atoms with Crippen molar-refractivity contribution >= 4 is 29.0 Å². The molecule has 0 fully saturated rings. The highest BCUT2D eigenvalue weighted by atomic mass is 16.6. The monoisotopic (exact) mass is 435 g/mol. The molecule has 32 heavy (non-hydrogen) atoms. The average molecular weight is 435 g/mol. The van der Waals surface area contributed by atoms with Crippen molar-refractivity contribution in [2.75, 3.05) is 17.7 Å². The summed E-state index contributed by atoms with van der Waals surface area (Å²) in [5.41, 5.74) is 2.25. The Morgan fingerprint density at radius 1 is 1.28 bits per heavy atom. The maximum absolute atomic E-state index is 12.7. The second kappa shape index (κ2) is 8.50. The topological polar surface area (TPSA) is 128 Å². The number of amides is 2. The number of fused-ring (bicyclic) bond motifs is 1. The molecular formula is C22H21N5O5. The standard InChI is InChI=1S/C22H21N5O5/c1-3-15-20(13-7-6-8-14(11-13)32-2)21-24-22(29)18(26(21)25-15)12-19(28)23-16-9-4-5-10-17(16)27(30)31/h4-11,18H,3,12H2,1-2H3,(H,23,28)(H,24,29). The number of hydrogen-bond acceptors (Lipinski definition) is 6. The SMILES string of the molecule is CCc1nn2c(c1-c1cccc(OC)c1)NC(=O)C2CC(=O)Nc1ccccc1[N+](=O)[O-]. The summed E-state index contributed by atoms with van der Waals surface area (Å²) in [4.78, 5) is 35.9. The number of nitrogens with zero attached hydrogens (tertiary/aromatic N) is 3. The zero-order valence-corrected chi connectivity index (χ0v) is 17.5. The molecule has 164 valence electrons. The minimum absolute atomic E-state index is 0.0768. The number of nitrogens with one attached hydrogen (secondary N) is 2. The van der Waals surface area contributed by atoms with Crippen LogP contribution < -0.4 is 15.4 Å². The van der Waals surface area contributed by atoms with Crippen LogP contribution in [0.1, 0.15) is 25.1 Å². The van der Waals surface area contributed by atoms with E-state index < -0.39 is 16.9 Å². The van der Waals surface area contributed by atoms with Crippen LogP contribution in [0.4, 0.5) is 17.2 Å². The molecule has 1 aromatic heterocycles. The van der Waals surface area contributed by atoms with Crippen LogP contribution >= 0.6 is 0 Å². The van der Waals surface area contributed by atoms with Crippen LogP contribution in [-0.2, 0) is 16.0 Å². The van der Waals surface area contributed by atoms with Gasteiger partial charge in [0, 0.05) is 11.6 Å². The van der Waals surface area contributed by atoms with Gasteiger partial charge in [0.1, 0.15) is 23.3 Å². The number of benzene rings is 2. The first-order valence-electron chi connectivity index (χ1n) is 10.0. The molecule has 0 radical (unpaired) electrons. The number of carbonyl (C=O) groups excluding carboxylic acids is 2. The summed E-state index contributed by atoms with van der Waals surface area (Å²) in [6.45, 7) is 1.96. The van der Waals surface area contributed by atoms with Gasteiger partial charge >= 0.3 is 0 Å². The Hall–Kier alpha value is -4.21. The van der Waals surface area contributed by atoms with Gasteiger partial charge in [-0.25, -0.2) is 4.68 Å². The lowest BCUT2D eigenvalue weighted by molar-refractivity contribution is -0.383. The normalized spacial score (nSPS) is 14.6. The molecule has 0 saturated carbocycles. The number of methoxy groups -OCH3 is 1. The summed E-state index contributed by atoms with van der Waals surface area (Å²) < 4.78 is 6.83. The maximum Gasteiger partial charge on any atom is 0.292 e. The zero-order valence-electron chi connectivity index (χ0n) is 17.5. The van der Waals surface area contributed by atoms with Gasteiger partial charge in [-0.05, 0) is 30.2 Å². The van der Waals surface area contributed by atoms with Crippen LogP contribution in [0.25, 0.3) is 11.1 Å². The largest absolute Gasteiger partial charge is 0.497 e. The number of hydrogen-bond donors (Lipinski definition) is 2. The molecule has 2 amide bonds. The van der Waals surface area contributed by atoms with Crippen LogP contribution in [0, 0.1) is 10.1 Å². The number of aryl methyl sites for hydroxylation is 1. The van der Waals surface area contributed by atoms with E-state index in [4.69, 9.17) is 4.74 Å². The maximum atomic E-state index is 12.7. The predicted octanol–water partition coefficient (Wildman–Crippen LogP) is 3.55. The highest BCUT2D eigenvalue weighted by Gasteiger charge is 2.37. The second-order valence-electron chi connectivity index (χ2n) is 7.23. The van der Waals surface area contributed by atoms with Crippen LogP contribution in [0.15, 0.2) is 48.5 Å². The molecule has 2 aromatic carbocycles. The van der Waals surface area contributed by atoms with Gasteiger partial charge in [0.2, 0.25) is 5.91 Å². The fourth-order valence-corrected chi connectivity index (χ4v) is 3.76. The van der Waals surface area contributed by atoms with Crippen molar-refractivity contribution < 1.29 is 19.2 Å². The minimum Gasteiger partial charge on any atom is -0.497 e. The van der Waals surface area contributed by atoms with Crippen molar-refractivity contribution in [3.05, 3.63) is 64.3 Å². The van der Waals surface area contributed by atoms with Crippen LogP contribution in [0.2, 0.25) is 0 Å². The summed E-state index contributed by atoms with van der Waals surface area (Å²) in [7, 11) is 1.58. The van der Waals surface area contributed by atoms with E-state index in [1.165, 1.54) is 22.9 Å². The molecular weight excluding hydrogens is 414 g/mol. The molecule has 0 spiro atoms. The lowest BCUT2D eigenvalue weighted by Gasteiger charge is -2.10. The van der Waals surface area contributed by atoms with Crippen molar-refractivity contribution in [3.8, 4) is 16.9 Å². The molecule has 1 atom stereocenters. The quantitative estimate of drug-likeness (QED) is 0.431. The number of aromatic nitrogens is 2. The summed E-state index contributed by atoms with van der Waals surface area (Å²) in [6, 6.07) is 12.4. The van der Waals surface area contributed by atoms with Gasteiger partial charge in [-0.1, -0.05) is 31.2 Å². The van der Waals surface area contributed by atoms with Gasteiger partial charge in [0.15, 0.2) is 0 Å². The number of nitro groups is 1. The third kappa shape index (κ3) is 3.78. The van der Waals surface area contributed by atoms with Crippen molar-refractivity contribution in [2.24, 2.45) is 0 Å². The lowest BCUT2D eigenvalue weighted by Crippen LogP contribution is -2.24. The highest BCUT2D eigenvalue weighted by Crippen LogP contribution is 2.39. The molecule has 10 heteroatoms.